The molecule has 0 fully saturated rings. The van der Waals surface area contributed by atoms with Crippen molar-refractivity contribution >= 4 is 11.0 Å². The van der Waals surface area contributed by atoms with Gasteiger partial charge in [-0.25, -0.2) is 4.39 Å². The zero-order valence-electron chi connectivity index (χ0n) is 14.3. The van der Waals surface area contributed by atoms with E-state index in [9.17, 15) is 21.8 Å². The molecule has 1 unspecified atom stereocenters. The summed E-state index contributed by atoms with van der Waals surface area (Å²) in [6.07, 6.45) is -3.42. The third-order valence-electron chi connectivity index (χ3n) is 3.36. The highest BCUT2D eigenvalue weighted by atomic mass is 32.2. The summed E-state index contributed by atoms with van der Waals surface area (Å²) in [6, 6.07) is 6.66. The molecule has 1 N–H and O–H groups in total. The predicted molar refractivity (Wildman–Crippen MR) is 91.5 cm³/mol. The second-order valence-corrected chi connectivity index (χ2v) is 8.70. The topological polar surface area (TPSA) is 51.2 Å². The first kappa shape index (κ1) is 20.3. The number of pyridine rings is 1. The first-order chi connectivity index (χ1) is 12.0. The number of benzene rings is 1. The highest BCUT2D eigenvalue weighted by Crippen LogP contribution is 2.28. The molecule has 26 heavy (non-hydrogen) atoms. The van der Waals surface area contributed by atoms with Crippen LogP contribution in [0.2, 0.25) is 0 Å². The molecule has 2 rings (SSSR count). The average Bonchev–Trinajstić information content (AvgIpc) is 2.52. The number of ether oxygens (including phenoxy) is 1. The summed E-state index contributed by atoms with van der Waals surface area (Å²) in [5.74, 6) is -1.01. The number of nitrogens with zero attached hydrogens (tertiary/aromatic N) is 1. The highest BCUT2D eigenvalue weighted by molar-refractivity contribution is 7.84. The van der Waals surface area contributed by atoms with Crippen molar-refractivity contribution in [1.82, 2.24) is 9.71 Å². The molecular formula is C17H19F4N2O2S+. The van der Waals surface area contributed by atoms with E-state index in [1.165, 1.54) is 30.5 Å². The molecule has 2 aromatic rings. The summed E-state index contributed by atoms with van der Waals surface area (Å²) in [4.78, 5) is 3.99. The molecule has 0 saturated carbocycles. The van der Waals surface area contributed by atoms with Gasteiger partial charge in [0, 0.05) is 6.20 Å². The average molecular weight is 391 g/mol. The van der Waals surface area contributed by atoms with Crippen LogP contribution in [0, 0.1) is 5.82 Å². The van der Waals surface area contributed by atoms with Gasteiger partial charge in [-0.3, -0.25) is 4.98 Å². The summed E-state index contributed by atoms with van der Waals surface area (Å²) in [5, 5.41) is 0. The molecule has 0 radical (unpaired) electrons. The summed E-state index contributed by atoms with van der Waals surface area (Å²) in [7, 11) is -1.97. The van der Waals surface area contributed by atoms with Gasteiger partial charge in [-0.05, 0) is 50.6 Å². The lowest BCUT2D eigenvalue weighted by Gasteiger charge is -2.20. The molecule has 1 heterocycles. The fraction of sp³-hybridized carbons (Fsp3) is 0.353. The molecule has 0 amide bonds. The van der Waals surface area contributed by atoms with E-state index in [-0.39, 0.29) is 5.69 Å². The van der Waals surface area contributed by atoms with Crippen LogP contribution in [0.3, 0.4) is 0 Å². The minimum atomic E-state index is -4.80. The van der Waals surface area contributed by atoms with E-state index in [0.29, 0.717) is 5.56 Å². The van der Waals surface area contributed by atoms with Crippen LogP contribution in [-0.2, 0) is 15.2 Å². The molecule has 1 aromatic heterocycles. The maximum atomic E-state index is 14.2. The van der Waals surface area contributed by atoms with Crippen LogP contribution in [0.1, 0.15) is 38.1 Å². The number of thiol groups is 1. The molecule has 0 aliphatic heterocycles. The van der Waals surface area contributed by atoms with E-state index in [2.05, 4.69) is 14.4 Å². The predicted octanol–water partition coefficient (Wildman–Crippen LogP) is 4.21. The van der Waals surface area contributed by atoms with Crippen molar-refractivity contribution in [3.05, 3.63) is 59.7 Å². The monoisotopic (exact) mass is 391 g/mol. The molecule has 142 valence electrons. The van der Waals surface area contributed by atoms with Crippen molar-refractivity contribution in [1.29, 1.82) is 0 Å². The van der Waals surface area contributed by atoms with Crippen molar-refractivity contribution in [3.8, 4) is 5.75 Å². The quantitative estimate of drug-likeness (QED) is 0.472. The number of halogens is 4. The maximum absolute atomic E-state index is 14.2. The van der Waals surface area contributed by atoms with E-state index in [1.807, 2.05) is 0 Å². The number of rotatable bonds is 5. The Kier molecular flexibility index (Phi) is 6.02. The Morgan fingerprint density at radius 3 is 2.23 bits per heavy atom. The Balaban J connectivity index is 2.38. The van der Waals surface area contributed by atoms with E-state index >= 15 is 0 Å². The molecule has 0 saturated heterocycles. The fourth-order valence-corrected chi connectivity index (χ4v) is 2.97. The van der Waals surface area contributed by atoms with E-state index < -0.39 is 39.7 Å². The molecule has 0 aliphatic carbocycles. The van der Waals surface area contributed by atoms with Gasteiger partial charge in [-0.2, -0.15) is 0 Å². The van der Waals surface area contributed by atoms with Gasteiger partial charge in [-0.15, -0.1) is 17.9 Å². The number of aromatic nitrogens is 1. The second-order valence-electron chi connectivity index (χ2n) is 6.51. The number of hydrogen-bond acceptors (Lipinski definition) is 3. The summed E-state index contributed by atoms with van der Waals surface area (Å²) in [6.45, 7) is 5.26. The van der Waals surface area contributed by atoms with E-state index in [1.54, 1.807) is 20.8 Å². The number of alkyl halides is 3. The van der Waals surface area contributed by atoms with Gasteiger partial charge in [-0.1, -0.05) is 16.3 Å². The largest absolute Gasteiger partial charge is 0.573 e. The first-order valence-corrected chi connectivity index (χ1v) is 8.93. The third-order valence-corrected chi connectivity index (χ3v) is 5.07. The Bertz CT molecular complexity index is 774. The van der Waals surface area contributed by atoms with Crippen LogP contribution < -0.4 is 9.46 Å². The lowest BCUT2D eigenvalue weighted by Crippen LogP contribution is -2.36. The van der Waals surface area contributed by atoms with Crippen molar-refractivity contribution < 1.29 is 26.5 Å². The first-order valence-electron chi connectivity index (χ1n) is 7.67. The Morgan fingerprint density at radius 1 is 1.12 bits per heavy atom. The molecule has 2 atom stereocenters. The van der Waals surface area contributed by atoms with Crippen LogP contribution in [0.15, 0.2) is 42.6 Å². The molecule has 1 aromatic carbocycles. The Morgan fingerprint density at radius 2 is 1.73 bits per heavy atom. The van der Waals surface area contributed by atoms with Gasteiger partial charge < -0.3 is 4.74 Å². The molecule has 0 aliphatic rings. The van der Waals surface area contributed by atoms with Crippen LogP contribution in [0.5, 0.6) is 5.75 Å². The van der Waals surface area contributed by atoms with Crippen LogP contribution in [0.25, 0.3) is 0 Å². The van der Waals surface area contributed by atoms with Gasteiger partial charge in [0.1, 0.15) is 39.0 Å². The SMILES string of the molecule is CC(C)(C)[SH+](=O)N[C@@H](c1ccc(OC(F)(F)F)cc1)c1ncccc1F. The Labute approximate surface area is 151 Å². The maximum Gasteiger partial charge on any atom is 0.573 e. The number of nitrogens with one attached hydrogen (secondary N) is 1. The second kappa shape index (κ2) is 7.71. The van der Waals surface area contributed by atoms with Crippen molar-refractivity contribution in [2.24, 2.45) is 0 Å². The van der Waals surface area contributed by atoms with Crippen molar-refractivity contribution in [2.45, 2.75) is 37.9 Å². The van der Waals surface area contributed by atoms with Gasteiger partial charge in [0.25, 0.3) is 0 Å². The molecule has 0 spiro atoms. The van der Waals surface area contributed by atoms with Gasteiger partial charge in [0.2, 0.25) is 0 Å². The lowest BCUT2D eigenvalue weighted by atomic mass is 10.0. The fourth-order valence-electron chi connectivity index (χ4n) is 2.08. The normalized spacial score (nSPS) is 14.7. The van der Waals surface area contributed by atoms with Crippen LogP contribution in [-0.4, -0.2) is 16.1 Å². The summed E-state index contributed by atoms with van der Waals surface area (Å²) < 4.78 is 69.6. The zero-order valence-corrected chi connectivity index (χ0v) is 15.2. The lowest BCUT2D eigenvalue weighted by molar-refractivity contribution is -0.274. The van der Waals surface area contributed by atoms with Gasteiger partial charge in [0.05, 0.1) is 0 Å². The molecular weight excluding hydrogens is 372 g/mol. The van der Waals surface area contributed by atoms with E-state index in [0.717, 1.165) is 12.1 Å². The summed E-state index contributed by atoms with van der Waals surface area (Å²) >= 11 is 0. The van der Waals surface area contributed by atoms with Crippen molar-refractivity contribution in [2.75, 3.05) is 0 Å². The van der Waals surface area contributed by atoms with Crippen LogP contribution in [0.4, 0.5) is 17.6 Å². The van der Waals surface area contributed by atoms with Crippen molar-refractivity contribution in [3.63, 3.8) is 0 Å². The summed E-state index contributed by atoms with van der Waals surface area (Å²) in [5.41, 5.74) is 0.411. The third kappa shape index (κ3) is 5.50. The van der Waals surface area contributed by atoms with E-state index in [4.69, 9.17) is 0 Å². The smallest absolute Gasteiger partial charge is 0.406 e. The standard InChI is InChI=1S/C17H18F4N2O2S/c1-16(2,3)26(24)23-14(15-13(18)5-4-10-22-15)11-6-8-12(9-7-11)25-17(19,20)21/h4-10,14H,1-3H3,(H,23,24)/p+1/t14-,26?/m0/s1. The molecule has 9 heteroatoms. The van der Waals surface area contributed by atoms with Gasteiger partial charge in [0.15, 0.2) is 0 Å². The minimum Gasteiger partial charge on any atom is -0.406 e. The van der Waals surface area contributed by atoms with Gasteiger partial charge >= 0.3 is 6.36 Å². The zero-order chi connectivity index (χ0) is 19.5. The molecule has 0 bridgehead atoms. The molecule has 4 nitrogen and oxygen atoms in total. The minimum absolute atomic E-state index is 0.00425. The van der Waals surface area contributed by atoms with Crippen LogP contribution >= 0.6 is 0 Å². The Hall–Kier alpha value is -2.00. The number of hydrogen-bond donors (Lipinski definition) is 1. The highest BCUT2D eigenvalue weighted by Gasteiger charge is 2.33.